The molecule has 0 fully saturated rings. The summed E-state index contributed by atoms with van der Waals surface area (Å²) >= 11 is 3.58. The summed E-state index contributed by atoms with van der Waals surface area (Å²) in [5, 5.41) is 9.01. The first-order valence-electron chi connectivity index (χ1n) is 6.96. The third kappa shape index (κ3) is 2.97. The van der Waals surface area contributed by atoms with Crippen molar-refractivity contribution in [1.29, 1.82) is 0 Å². The Hall–Kier alpha value is -1.75. The number of aryl methyl sites for hydroxylation is 1. The fourth-order valence-electron chi connectivity index (χ4n) is 2.89. The SMILES string of the molecule is O=C(O)c1ccnc(CCC2CCc3c(Br)ccnc32)c1. The lowest BCUT2D eigenvalue weighted by Crippen LogP contribution is -2.02. The standard InChI is InChI=1S/C16H15BrN2O2/c17-14-6-8-19-15-10(2-4-13(14)15)1-3-12-9-11(16(20)21)5-7-18-12/h5-10H,1-4H2,(H,20,21). The van der Waals surface area contributed by atoms with E-state index < -0.39 is 5.97 Å². The molecule has 0 aliphatic heterocycles. The number of carboxylic acids is 1. The van der Waals surface area contributed by atoms with Gasteiger partial charge in [-0.25, -0.2) is 4.79 Å². The van der Waals surface area contributed by atoms with Crippen LogP contribution in [0.1, 0.15) is 46.1 Å². The molecule has 1 unspecified atom stereocenters. The third-order valence-electron chi connectivity index (χ3n) is 3.97. The number of carbonyl (C=O) groups is 1. The molecule has 108 valence electrons. The number of hydrogen-bond acceptors (Lipinski definition) is 3. The molecule has 2 heterocycles. The molecule has 3 rings (SSSR count). The molecule has 21 heavy (non-hydrogen) atoms. The van der Waals surface area contributed by atoms with Crippen molar-refractivity contribution >= 4 is 21.9 Å². The molecule has 2 aromatic rings. The van der Waals surface area contributed by atoms with Gasteiger partial charge in [0.05, 0.1) is 5.56 Å². The predicted molar refractivity (Wildman–Crippen MR) is 82.5 cm³/mol. The maximum atomic E-state index is 11.0. The molecular formula is C16H15BrN2O2. The van der Waals surface area contributed by atoms with Crippen molar-refractivity contribution < 1.29 is 9.90 Å². The highest BCUT2D eigenvalue weighted by Crippen LogP contribution is 2.37. The van der Waals surface area contributed by atoms with Gasteiger partial charge in [0, 0.05) is 34.2 Å². The second-order valence-electron chi connectivity index (χ2n) is 5.27. The maximum Gasteiger partial charge on any atom is 0.335 e. The van der Waals surface area contributed by atoms with E-state index >= 15 is 0 Å². The van der Waals surface area contributed by atoms with Crippen LogP contribution in [0, 0.1) is 0 Å². The van der Waals surface area contributed by atoms with Crippen molar-refractivity contribution in [3.63, 3.8) is 0 Å². The Morgan fingerprint density at radius 1 is 1.33 bits per heavy atom. The first-order valence-corrected chi connectivity index (χ1v) is 7.76. The van der Waals surface area contributed by atoms with Gasteiger partial charge in [0.15, 0.2) is 0 Å². The number of aromatic nitrogens is 2. The zero-order chi connectivity index (χ0) is 14.8. The average molecular weight is 347 g/mol. The van der Waals surface area contributed by atoms with Crippen molar-refractivity contribution in [2.24, 2.45) is 0 Å². The van der Waals surface area contributed by atoms with Crippen molar-refractivity contribution in [1.82, 2.24) is 9.97 Å². The fraction of sp³-hybridized carbons (Fsp3) is 0.312. The monoisotopic (exact) mass is 346 g/mol. The van der Waals surface area contributed by atoms with Gasteiger partial charge in [-0.05, 0) is 49.4 Å². The average Bonchev–Trinajstić information content (AvgIpc) is 2.90. The lowest BCUT2D eigenvalue weighted by molar-refractivity contribution is 0.0696. The summed E-state index contributed by atoms with van der Waals surface area (Å²) in [6.07, 6.45) is 7.29. The number of hydrogen-bond donors (Lipinski definition) is 1. The summed E-state index contributed by atoms with van der Waals surface area (Å²) in [7, 11) is 0. The van der Waals surface area contributed by atoms with E-state index in [4.69, 9.17) is 5.11 Å². The first-order chi connectivity index (χ1) is 10.1. The van der Waals surface area contributed by atoms with Gasteiger partial charge in [0.25, 0.3) is 0 Å². The molecule has 0 saturated heterocycles. The Morgan fingerprint density at radius 2 is 2.14 bits per heavy atom. The van der Waals surface area contributed by atoms with Gasteiger partial charge in [0.2, 0.25) is 0 Å². The van der Waals surface area contributed by atoms with Crippen LogP contribution in [0.15, 0.2) is 35.1 Å². The van der Waals surface area contributed by atoms with Gasteiger partial charge in [-0.3, -0.25) is 9.97 Å². The topological polar surface area (TPSA) is 63.1 Å². The number of fused-ring (bicyclic) bond motifs is 1. The van der Waals surface area contributed by atoms with Crippen molar-refractivity contribution in [3.8, 4) is 0 Å². The minimum absolute atomic E-state index is 0.299. The molecule has 0 radical (unpaired) electrons. The second-order valence-corrected chi connectivity index (χ2v) is 6.13. The molecule has 1 atom stereocenters. The summed E-state index contributed by atoms with van der Waals surface area (Å²) < 4.78 is 1.14. The van der Waals surface area contributed by atoms with Crippen LogP contribution < -0.4 is 0 Å². The van der Waals surface area contributed by atoms with Gasteiger partial charge in [0.1, 0.15) is 0 Å². The van der Waals surface area contributed by atoms with E-state index in [2.05, 4.69) is 25.9 Å². The van der Waals surface area contributed by atoms with Crippen LogP contribution in [-0.2, 0) is 12.8 Å². The molecule has 1 aliphatic carbocycles. The van der Waals surface area contributed by atoms with E-state index in [0.717, 1.165) is 35.8 Å². The van der Waals surface area contributed by atoms with Crippen LogP contribution in [0.3, 0.4) is 0 Å². The Bertz CT molecular complexity index is 688. The van der Waals surface area contributed by atoms with Gasteiger partial charge in [-0.1, -0.05) is 15.9 Å². The maximum absolute atomic E-state index is 11.0. The van der Waals surface area contributed by atoms with E-state index in [1.165, 1.54) is 17.3 Å². The number of rotatable bonds is 4. The minimum Gasteiger partial charge on any atom is -0.478 e. The van der Waals surface area contributed by atoms with Crippen molar-refractivity contribution in [3.05, 3.63) is 57.6 Å². The number of carboxylic acid groups (broad SMARTS) is 1. The lowest BCUT2D eigenvalue weighted by atomic mass is 9.98. The van der Waals surface area contributed by atoms with Crippen LogP contribution in [-0.4, -0.2) is 21.0 Å². The zero-order valence-corrected chi connectivity index (χ0v) is 13.0. The normalized spacial score (nSPS) is 16.7. The minimum atomic E-state index is -0.907. The molecule has 1 aliphatic rings. The second kappa shape index (κ2) is 5.93. The Labute approximate surface area is 131 Å². The molecule has 5 heteroatoms. The molecule has 4 nitrogen and oxygen atoms in total. The molecule has 2 aromatic heterocycles. The van der Waals surface area contributed by atoms with Gasteiger partial charge in [-0.15, -0.1) is 0 Å². The Morgan fingerprint density at radius 3 is 2.95 bits per heavy atom. The van der Waals surface area contributed by atoms with E-state index in [1.54, 1.807) is 12.3 Å². The van der Waals surface area contributed by atoms with E-state index in [9.17, 15) is 4.79 Å². The number of aromatic carboxylic acids is 1. The summed E-state index contributed by atoms with van der Waals surface area (Å²) in [6, 6.07) is 5.17. The zero-order valence-electron chi connectivity index (χ0n) is 11.4. The molecular weight excluding hydrogens is 332 g/mol. The van der Waals surface area contributed by atoms with Gasteiger partial charge >= 0.3 is 5.97 Å². The highest BCUT2D eigenvalue weighted by atomic mass is 79.9. The highest BCUT2D eigenvalue weighted by molar-refractivity contribution is 9.10. The van der Waals surface area contributed by atoms with Gasteiger partial charge in [-0.2, -0.15) is 0 Å². The van der Waals surface area contributed by atoms with E-state index in [1.807, 2.05) is 12.3 Å². The predicted octanol–water partition coefficient (Wildman–Crippen LogP) is 3.60. The summed E-state index contributed by atoms with van der Waals surface area (Å²) in [5.74, 6) is -0.469. The number of pyridine rings is 2. The smallest absolute Gasteiger partial charge is 0.335 e. The van der Waals surface area contributed by atoms with Crippen LogP contribution in [0.2, 0.25) is 0 Å². The van der Waals surface area contributed by atoms with E-state index in [-0.39, 0.29) is 0 Å². The van der Waals surface area contributed by atoms with Crippen LogP contribution >= 0.6 is 15.9 Å². The lowest BCUT2D eigenvalue weighted by Gasteiger charge is -2.10. The fourth-order valence-corrected chi connectivity index (χ4v) is 3.41. The van der Waals surface area contributed by atoms with Crippen LogP contribution in [0.4, 0.5) is 0 Å². The number of halogens is 1. The summed E-state index contributed by atoms with van der Waals surface area (Å²) in [6.45, 7) is 0. The first kappa shape index (κ1) is 14.2. The quantitative estimate of drug-likeness (QED) is 0.918. The van der Waals surface area contributed by atoms with Crippen LogP contribution in [0.5, 0.6) is 0 Å². The molecule has 0 aromatic carbocycles. The summed E-state index contributed by atoms with van der Waals surface area (Å²) in [5.41, 5.74) is 3.62. The van der Waals surface area contributed by atoms with Crippen molar-refractivity contribution in [2.45, 2.75) is 31.6 Å². The Kier molecular flexibility index (Phi) is 4.01. The van der Waals surface area contributed by atoms with Crippen LogP contribution in [0.25, 0.3) is 0 Å². The van der Waals surface area contributed by atoms with Gasteiger partial charge < -0.3 is 5.11 Å². The van der Waals surface area contributed by atoms with Crippen molar-refractivity contribution in [2.75, 3.05) is 0 Å². The molecule has 0 spiro atoms. The highest BCUT2D eigenvalue weighted by Gasteiger charge is 2.25. The molecule has 0 saturated carbocycles. The molecule has 0 amide bonds. The Balaban J connectivity index is 1.71. The number of nitrogens with zero attached hydrogens (tertiary/aromatic N) is 2. The molecule has 1 N–H and O–H groups in total. The third-order valence-corrected chi connectivity index (χ3v) is 4.72. The summed E-state index contributed by atoms with van der Waals surface area (Å²) in [4.78, 5) is 19.8. The molecule has 0 bridgehead atoms. The largest absolute Gasteiger partial charge is 0.478 e. The van der Waals surface area contributed by atoms with E-state index in [0.29, 0.717) is 11.5 Å².